The van der Waals surface area contributed by atoms with Gasteiger partial charge in [0.2, 0.25) is 11.8 Å². The van der Waals surface area contributed by atoms with Gasteiger partial charge < -0.3 is 15.2 Å². The van der Waals surface area contributed by atoms with Gasteiger partial charge in [-0.1, -0.05) is 30.3 Å². The van der Waals surface area contributed by atoms with Gasteiger partial charge in [0, 0.05) is 25.2 Å². The molecule has 1 aliphatic rings. The van der Waals surface area contributed by atoms with E-state index in [0.717, 1.165) is 5.69 Å². The van der Waals surface area contributed by atoms with Gasteiger partial charge in [-0.3, -0.25) is 14.4 Å². The highest BCUT2D eigenvalue weighted by Crippen LogP contribution is 2.25. The molecule has 2 heterocycles. The van der Waals surface area contributed by atoms with Gasteiger partial charge >= 0.3 is 0 Å². The maximum Gasteiger partial charge on any atom is 0.258 e. The van der Waals surface area contributed by atoms with Crippen molar-refractivity contribution in [1.82, 2.24) is 15.3 Å². The zero-order valence-corrected chi connectivity index (χ0v) is 15.2. The average Bonchev–Trinajstić information content (AvgIpc) is 3.10. The van der Waals surface area contributed by atoms with Crippen LogP contribution in [0.4, 0.5) is 5.69 Å². The molecule has 7 nitrogen and oxygen atoms in total. The van der Waals surface area contributed by atoms with Crippen LogP contribution in [0.1, 0.15) is 12.2 Å². The molecule has 2 amide bonds. The Morgan fingerprint density at radius 3 is 2.68 bits per heavy atom. The third-order valence-electron chi connectivity index (χ3n) is 4.91. The topological polar surface area (TPSA) is 95.2 Å². The molecule has 142 valence electrons. The van der Waals surface area contributed by atoms with Crippen molar-refractivity contribution in [2.75, 3.05) is 18.0 Å². The number of carbonyl (C=O) groups excluding carboxylic acids is 2. The molecule has 1 fully saturated rings. The fraction of sp³-hybridized carbons (Fsp3) is 0.238. The fourth-order valence-corrected chi connectivity index (χ4v) is 3.47. The lowest BCUT2D eigenvalue weighted by Crippen LogP contribution is -2.37. The van der Waals surface area contributed by atoms with Gasteiger partial charge in [0.25, 0.3) is 5.56 Å². The molecule has 4 rings (SSSR count). The van der Waals surface area contributed by atoms with Crippen LogP contribution in [-0.4, -0.2) is 34.9 Å². The maximum absolute atomic E-state index is 12.6. The van der Waals surface area contributed by atoms with Crippen LogP contribution in [0.25, 0.3) is 10.9 Å². The molecular weight excluding hydrogens is 356 g/mol. The first kappa shape index (κ1) is 17.9. The van der Waals surface area contributed by atoms with E-state index < -0.39 is 5.92 Å². The highest BCUT2D eigenvalue weighted by atomic mass is 16.2. The first-order valence-corrected chi connectivity index (χ1v) is 9.25. The molecule has 0 unspecified atom stereocenters. The number of anilines is 1. The minimum Gasteiger partial charge on any atom is -0.355 e. The summed E-state index contributed by atoms with van der Waals surface area (Å²) in [4.78, 5) is 45.9. The smallest absolute Gasteiger partial charge is 0.258 e. The molecule has 2 aromatic carbocycles. The summed E-state index contributed by atoms with van der Waals surface area (Å²) in [6.45, 7) is 0.829. The van der Waals surface area contributed by atoms with E-state index in [0.29, 0.717) is 42.7 Å². The number of hydrogen-bond acceptors (Lipinski definition) is 4. The van der Waals surface area contributed by atoms with Gasteiger partial charge in [-0.05, 0) is 30.7 Å². The summed E-state index contributed by atoms with van der Waals surface area (Å²) in [7, 11) is 0. The van der Waals surface area contributed by atoms with Gasteiger partial charge in [0.15, 0.2) is 0 Å². The van der Waals surface area contributed by atoms with E-state index in [1.807, 2.05) is 36.4 Å². The first-order valence-electron chi connectivity index (χ1n) is 9.25. The van der Waals surface area contributed by atoms with Gasteiger partial charge in [-0.2, -0.15) is 0 Å². The number of carbonyl (C=O) groups is 2. The summed E-state index contributed by atoms with van der Waals surface area (Å²) in [6, 6.07) is 16.5. The highest BCUT2D eigenvalue weighted by molar-refractivity contribution is 6.09. The summed E-state index contributed by atoms with van der Waals surface area (Å²) >= 11 is 0. The van der Waals surface area contributed by atoms with Crippen molar-refractivity contribution in [3.05, 3.63) is 70.8 Å². The predicted octanol–water partition coefficient (Wildman–Crippen LogP) is 1.63. The highest BCUT2D eigenvalue weighted by Gasteiger charge is 2.37. The number of H-pyrrole nitrogens is 1. The van der Waals surface area contributed by atoms with Crippen LogP contribution in [0.15, 0.2) is 59.4 Å². The van der Waals surface area contributed by atoms with Crippen LogP contribution in [-0.2, 0) is 16.0 Å². The Morgan fingerprint density at radius 1 is 1.11 bits per heavy atom. The normalized spacial score (nSPS) is 16.5. The molecular formula is C21H20N4O3. The van der Waals surface area contributed by atoms with E-state index >= 15 is 0 Å². The van der Waals surface area contributed by atoms with Gasteiger partial charge in [0.05, 0.1) is 10.9 Å². The van der Waals surface area contributed by atoms with E-state index in [-0.39, 0.29) is 17.4 Å². The molecule has 2 N–H and O–H groups in total. The lowest BCUT2D eigenvalue weighted by atomic mass is 10.1. The fourth-order valence-electron chi connectivity index (χ4n) is 3.47. The molecule has 1 aromatic heterocycles. The van der Waals surface area contributed by atoms with Crippen LogP contribution < -0.4 is 15.8 Å². The van der Waals surface area contributed by atoms with Gasteiger partial charge in [0.1, 0.15) is 11.7 Å². The van der Waals surface area contributed by atoms with Crippen molar-refractivity contribution in [3.8, 4) is 0 Å². The number of nitrogens with one attached hydrogen (secondary N) is 2. The second-order valence-corrected chi connectivity index (χ2v) is 6.74. The largest absolute Gasteiger partial charge is 0.355 e. The molecule has 28 heavy (non-hydrogen) atoms. The molecule has 1 aliphatic heterocycles. The molecule has 0 saturated carbocycles. The van der Waals surface area contributed by atoms with Crippen molar-refractivity contribution in [1.29, 1.82) is 0 Å². The van der Waals surface area contributed by atoms with Crippen LogP contribution in [0.5, 0.6) is 0 Å². The number of rotatable bonds is 5. The molecule has 0 aliphatic carbocycles. The Bertz CT molecular complexity index is 1080. The van der Waals surface area contributed by atoms with Crippen LogP contribution >= 0.6 is 0 Å². The maximum atomic E-state index is 12.6. The lowest BCUT2D eigenvalue weighted by Gasteiger charge is -2.16. The number of para-hydroxylation sites is 2. The predicted molar refractivity (Wildman–Crippen MR) is 106 cm³/mol. The van der Waals surface area contributed by atoms with E-state index in [4.69, 9.17) is 0 Å². The number of amides is 2. The quantitative estimate of drug-likeness (QED) is 0.662. The van der Waals surface area contributed by atoms with E-state index in [1.54, 1.807) is 23.1 Å². The standard InChI is InChI=1S/C21H20N4O3/c26-19(16-11-13-25(21(16)28)14-6-2-1-3-7-14)22-12-10-18-23-17-9-5-4-8-15(17)20(27)24-18/h1-9,16H,10-13H2,(H,22,26)(H,23,24,27)/t16-/m0/s1. The van der Waals surface area contributed by atoms with E-state index in [2.05, 4.69) is 15.3 Å². The summed E-state index contributed by atoms with van der Waals surface area (Å²) in [5.41, 5.74) is 1.23. The Morgan fingerprint density at radius 2 is 1.86 bits per heavy atom. The molecule has 0 bridgehead atoms. The average molecular weight is 376 g/mol. The minimum absolute atomic E-state index is 0.180. The molecule has 0 spiro atoms. The Labute approximate surface area is 161 Å². The van der Waals surface area contributed by atoms with Gasteiger partial charge in [-0.15, -0.1) is 0 Å². The van der Waals surface area contributed by atoms with Crippen molar-refractivity contribution in [2.45, 2.75) is 12.8 Å². The van der Waals surface area contributed by atoms with Crippen LogP contribution in [0.2, 0.25) is 0 Å². The second-order valence-electron chi connectivity index (χ2n) is 6.74. The summed E-state index contributed by atoms with van der Waals surface area (Å²) < 4.78 is 0. The molecule has 3 aromatic rings. The third kappa shape index (κ3) is 3.51. The molecule has 1 atom stereocenters. The Hall–Kier alpha value is -3.48. The number of benzene rings is 2. The number of fused-ring (bicyclic) bond motifs is 1. The van der Waals surface area contributed by atoms with Crippen LogP contribution in [0, 0.1) is 5.92 Å². The second kappa shape index (κ2) is 7.64. The molecule has 0 radical (unpaired) electrons. The summed E-state index contributed by atoms with van der Waals surface area (Å²) in [6.07, 6.45) is 0.875. The Balaban J connectivity index is 1.36. The van der Waals surface area contributed by atoms with Crippen molar-refractivity contribution in [3.63, 3.8) is 0 Å². The number of aromatic amines is 1. The third-order valence-corrected chi connectivity index (χ3v) is 4.91. The zero-order valence-electron chi connectivity index (χ0n) is 15.2. The van der Waals surface area contributed by atoms with Crippen molar-refractivity contribution < 1.29 is 9.59 Å². The van der Waals surface area contributed by atoms with E-state index in [1.165, 1.54) is 0 Å². The monoisotopic (exact) mass is 376 g/mol. The Kier molecular flexibility index (Phi) is 4.89. The lowest BCUT2D eigenvalue weighted by molar-refractivity contribution is -0.132. The summed E-state index contributed by atoms with van der Waals surface area (Å²) in [5, 5.41) is 3.33. The number of nitrogens with zero attached hydrogens (tertiary/aromatic N) is 2. The van der Waals surface area contributed by atoms with Gasteiger partial charge in [-0.25, -0.2) is 4.98 Å². The summed E-state index contributed by atoms with van der Waals surface area (Å²) in [5.74, 6) is -0.635. The first-order chi connectivity index (χ1) is 13.6. The number of aromatic nitrogens is 2. The number of hydrogen-bond donors (Lipinski definition) is 2. The molecule has 1 saturated heterocycles. The van der Waals surface area contributed by atoms with Crippen molar-refractivity contribution >= 4 is 28.4 Å². The molecule has 7 heteroatoms. The SMILES string of the molecule is O=C(NCCc1nc2ccccc2c(=O)[nH]1)[C@@H]1CCN(c2ccccc2)C1=O. The van der Waals surface area contributed by atoms with Crippen molar-refractivity contribution in [2.24, 2.45) is 5.92 Å². The van der Waals surface area contributed by atoms with E-state index in [9.17, 15) is 14.4 Å². The van der Waals surface area contributed by atoms with Crippen LogP contribution in [0.3, 0.4) is 0 Å². The zero-order chi connectivity index (χ0) is 19.5. The minimum atomic E-state index is -0.677.